The maximum absolute atomic E-state index is 12.9. The number of piperidine rings is 1. The van der Waals surface area contributed by atoms with Gasteiger partial charge < -0.3 is 10.6 Å². The van der Waals surface area contributed by atoms with Crippen molar-refractivity contribution in [1.82, 2.24) is 9.21 Å². The van der Waals surface area contributed by atoms with E-state index in [-0.39, 0.29) is 16.8 Å². The van der Waals surface area contributed by atoms with Crippen molar-refractivity contribution in [2.75, 3.05) is 26.2 Å². The molecule has 0 saturated carbocycles. The van der Waals surface area contributed by atoms with Crippen LogP contribution in [0.5, 0.6) is 0 Å². The summed E-state index contributed by atoms with van der Waals surface area (Å²) in [5.74, 6) is 0.651. The number of benzene rings is 1. The van der Waals surface area contributed by atoms with E-state index < -0.39 is 10.0 Å². The lowest BCUT2D eigenvalue weighted by molar-refractivity contribution is 0.0741. The van der Waals surface area contributed by atoms with Gasteiger partial charge in [0.1, 0.15) is 0 Å². The Balaban J connectivity index is 1.77. The van der Waals surface area contributed by atoms with E-state index in [1.807, 2.05) is 0 Å². The van der Waals surface area contributed by atoms with Gasteiger partial charge in [0.05, 0.1) is 4.90 Å². The molecule has 0 aliphatic carbocycles. The second-order valence-corrected chi connectivity index (χ2v) is 9.76. The van der Waals surface area contributed by atoms with Crippen molar-refractivity contribution in [2.45, 2.75) is 44.0 Å². The summed E-state index contributed by atoms with van der Waals surface area (Å²) in [5.41, 5.74) is 6.27. The van der Waals surface area contributed by atoms with Gasteiger partial charge in [-0.3, -0.25) is 4.79 Å². The molecule has 2 fully saturated rings. The number of carbonyl (C=O) groups excluding carboxylic acids is 1. The molecule has 1 aromatic rings. The largest absolute Gasteiger partial charge is 0.334 e. The third-order valence-electron chi connectivity index (χ3n) is 5.48. The third-order valence-corrected chi connectivity index (χ3v) is 7.33. The lowest BCUT2D eigenvalue weighted by Crippen LogP contribution is -2.42. The van der Waals surface area contributed by atoms with E-state index in [1.165, 1.54) is 0 Å². The van der Waals surface area contributed by atoms with Gasteiger partial charge in [-0.2, -0.15) is 4.31 Å². The van der Waals surface area contributed by atoms with Crippen LogP contribution in [0.4, 0.5) is 0 Å². The highest BCUT2D eigenvalue weighted by atomic mass is 32.2. The molecule has 1 aromatic carbocycles. The first-order valence-electron chi connectivity index (χ1n) is 9.44. The Labute approximate surface area is 156 Å². The van der Waals surface area contributed by atoms with E-state index in [4.69, 9.17) is 5.73 Å². The molecular weight excluding hydrogens is 350 g/mol. The van der Waals surface area contributed by atoms with E-state index in [9.17, 15) is 13.2 Å². The van der Waals surface area contributed by atoms with Crippen LogP contribution in [0.15, 0.2) is 29.2 Å². The monoisotopic (exact) mass is 379 g/mol. The topological polar surface area (TPSA) is 83.7 Å². The number of hydrogen-bond donors (Lipinski definition) is 1. The van der Waals surface area contributed by atoms with Gasteiger partial charge in [0.15, 0.2) is 0 Å². The van der Waals surface area contributed by atoms with Crippen molar-refractivity contribution < 1.29 is 13.2 Å². The zero-order valence-corrected chi connectivity index (χ0v) is 16.4. The van der Waals surface area contributed by atoms with E-state index in [0.29, 0.717) is 43.6 Å². The van der Waals surface area contributed by atoms with Gasteiger partial charge in [-0.25, -0.2) is 8.42 Å². The molecule has 2 heterocycles. The van der Waals surface area contributed by atoms with Crippen LogP contribution in [0, 0.1) is 11.8 Å². The minimum Gasteiger partial charge on any atom is -0.334 e. The summed E-state index contributed by atoms with van der Waals surface area (Å²) in [5, 5.41) is 0. The van der Waals surface area contributed by atoms with Crippen molar-refractivity contribution in [1.29, 1.82) is 0 Å². The molecule has 7 heteroatoms. The lowest BCUT2D eigenvalue weighted by atomic mass is 9.94. The molecule has 2 N–H and O–H groups in total. The second kappa shape index (κ2) is 7.66. The molecule has 3 unspecified atom stereocenters. The summed E-state index contributed by atoms with van der Waals surface area (Å²) in [6.07, 6.45) is 2.95. The van der Waals surface area contributed by atoms with Crippen molar-refractivity contribution in [3.05, 3.63) is 29.8 Å². The minimum absolute atomic E-state index is 0.0675. The molecule has 26 heavy (non-hydrogen) atoms. The van der Waals surface area contributed by atoms with E-state index in [0.717, 1.165) is 19.3 Å². The number of amides is 1. The standard InChI is InChI=1S/C19H29N3O3S/c1-14-10-15(2)13-21(12-14)26(24,25)18-7-5-16(6-8-18)19(23)22-9-3-4-17(22)11-20/h5-8,14-15,17H,3-4,9-13,20H2,1-2H3. The Bertz CT molecular complexity index is 738. The molecule has 1 amide bonds. The second-order valence-electron chi connectivity index (χ2n) is 7.82. The predicted molar refractivity (Wildman–Crippen MR) is 101 cm³/mol. The number of hydrogen-bond acceptors (Lipinski definition) is 4. The summed E-state index contributed by atoms with van der Waals surface area (Å²) >= 11 is 0. The zero-order chi connectivity index (χ0) is 18.9. The number of rotatable bonds is 4. The van der Waals surface area contributed by atoms with Gasteiger partial charge in [-0.05, 0) is 55.4 Å². The van der Waals surface area contributed by atoms with E-state index in [2.05, 4.69) is 13.8 Å². The van der Waals surface area contributed by atoms with Crippen LogP contribution >= 0.6 is 0 Å². The van der Waals surface area contributed by atoms with Crippen LogP contribution in [0.3, 0.4) is 0 Å². The number of nitrogens with zero attached hydrogens (tertiary/aromatic N) is 2. The normalized spacial score (nSPS) is 27.7. The molecule has 0 spiro atoms. The number of carbonyl (C=O) groups is 1. The van der Waals surface area contributed by atoms with Gasteiger partial charge in [0.25, 0.3) is 5.91 Å². The number of nitrogens with two attached hydrogens (primary N) is 1. The van der Waals surface area contributed by atoms with Gasteiger partial charge >= 0.3 is 0 Å². The third kappa shape index (κ3) is 3.80. The van der Waals surface area contributed by atoms with Crippen LogP contribution in [0.25, 0.3) is 0 Å². The highest BCUT2D eigenvalue weighted by molar-refractivity contribution is 7.89. The molecule has 144 valence electrons. The van der Waals surface area contributed by atoms with Gasteiger partial charge in [-0.1, -0.05) is 13.8 Å². The van der Waals surface area contributed by atoms with Crippen LogP contribution in [0.2, 0.25) is 0 Å². The van der Waals surface area contributed by atoms with E-state index >= 15 is 0 Å². The minimum atomic E-state index is -3.52. The summed E-state index contributed by atoms with van der Waals surface area (Å²) in [6, 6.07) is 6.44. The number of likely N-dealkylation sites (tertiary alicyclic amines) is 1. The Morgan fingerprint density at radius 2 is 1.77 bits per heavy atom. The molecule has 3 atom stereocenters. The van der Waals surface area contributed by atoms with Crippen molar-refractivity contribution in [3.63, 3.8) is 0 Å². The van der Waals surface area contributed by atoms with Gasteiger partial charge in [0.2, 0.25) is 10.0 Å². The quantitative estimate of drug-likeness (QED) is 0.866. The highest BCUT2D eigenvalue weighted by Gasteiger charge is 2.32. The fourth-order valence-electron chi connectivity index (χ4n) is 4.23. The number of sulfonamides is 1. The molecule has 0 bridgehead atoms. The summed E-state index contributed by atoms with van der Waals surface area (Å²) < 4.78 is 27.4. The van der Waals surface area contributed by atoms with Crippen molar-refractivity contribution >= 4 is 15.9 Å². The molecule has 2 saturated heterocycles. The summed E-state index contributed by atoms with van der Waals surface area (Å²) in [7, 11) is -3.52. The summed E-state index contributed by atoms with van der Waals surface area (Å²) in [4.78, 5) is 14.7. The maximum atomic E-state index is 12.9. The molecule has 2 aliphatic rings. The summed E-state index contributed by atoms with van der Waals surface area (Å²) in [6.45, 7) is 6.46. The molecule has 0 aromatic heterocycles. The zero-order valence-electron chi connectivity index (χ0n) is 15.6. The van der Waals surface area contributed by atoms with Crippen LogP contribution in [0.1, 0.15) is 43.5 Å². The van der Waals surface area contributed by atoms with Crippen LogP contribution in [-0.4, -0.2) is 55.8 Å². The first-order valence-corrected chi connectivity index (χ1v) is 10.9. The predicted octanol–water partition coefficient (Wildman–Crippen LogP) is 1.92. The Kier molecular flexibility index (Phi) is 5.69. The smallest absolute Gasteiger partial charge is 0.254 e. The fourth-order valence-corrected chi connectivity index (χ4v) is 5.91. The molecule has 3 rings (SSSR count). The average molecular weight is 380 g/mol. The van der Waals surface area contributed by atoms with E-state index in [1.54, 1.807) is 33.5 Å². The van der Waals surface area contributed by atoms with Crippen LogP contribution in [-0.2, 0) is 10.0 Å². The van der Waals surface area contributed by atoms with Crippen LogP contribution < -0.4 is 5.73 Å². The SMILES string of the molecule is CC1CC(C)CN(S(=O)(=O)c2ccc(C(=O)N3CCCC3CN)cc2)C1. The molecule has 2 aliphatic heterocycles. The average Bonchev–Trinajstić information content (AvgIpc) is 3.09. The first kappa shape index (κ1) is 19.3. The molecule has 6 nitrogen and oxygen atoms in total. The molecule has 0 radical (unpaired) electrons. The van der Waals surface area contributed by atoms with Gasteiger partial charge in [0, 0.05) is 37.8 Å². The first-order chi connectivity index (χ1) is 12.3. The lowest BCUT2D eigenvalue weighted by Gasteiger charge is -2.34. The fraction of sp³-hybridized carbons (Fsp3) is 0.632. The maximum Gasteiger partial charge on any atom is 0.254 e. The van der Waals surface area contributed by atoms with Crippen molar-refractivity contribution in [2.24, 2.45) is 17.6 Å². The highest BCUT2D eigenvalue weighted by Crippen LogP contribution is 2.27. The van der Waals surface area contributed by atoms with Crippen molar-refractivity contribution in [3.8, 4) is 0 Å². The Morgan fingerprint density at radius 3 is 2.35 bits per heavy atom. The Hall–Kier alpha value is -1.44. The Morgan fingerprint density at radius 1 is 1.15 bits per heavy atom. The van der Waals surface area contributed by atoms with Gasteiger partial charge in [-0.15, -0.1) is 0 Å². The molecular formula is C19H29N3O3S.